The third-order valence-electron chi connectivity index (χ3n) is 4.90. The van der Waals surface area contributed by atoms with Gasteiger partial charge in [0.05, 0.1) is 0 Å². The molecule has 0 aromatic heterocycles. The lowest BCUT2D eigenvalue weighted by Crippen LogP contribution is -2.49. The lowest BCUT2D eigenvalue weighted by molar-refractivity contribution is 0.455. The normalized spacial score (nSPS) is 24.3. The predicted octanol–water partition coefficient (Wildman–Crippen LogP) is 3.22. The predicted molar refractivity (Wildman–Crippen MR) is 81.8 cm³/mol. The van der Waals surface area contributed by atoms with Crippen molar-refractivity contribution < 1.29 is 0 Å². The number of benzene rings is 1. The fourth-order valence-corrected chi connectivity index (χ4v) is 3.33. The summed E-state index contributed by atoms with van der Waals surface area (Å²) in [6, 6.07) is 8.94. The van der Waals surface area contributed by atoms with E-state index < -0.39 is 0 Å². The van der Waals surface area contributed by atoms with Crippen molar-refractivity contribution >= 4 is 5.69 Å². The van der Waals surface area contributed by atoms with Gasteiger partial charge in [0.25, 0.3) is 0 Å². The van der Waals surface area contributed by atoms with Gasteiger partial charge in [-0.25, -0.2) is 0 Å². The maximum atomic E-state index is 3.69. The summed E-state index contributed by atoms with van der Waals surface area (Å²) in [4.78, 5) is 2.67. The van der Waals surface area contributed by atoms with Gasteiger partial charge in [-0.05, 0) is 44.7 Å². The van der Waals surface area contributed by atoms with Crippen LogP contribution in [0.25, 0.3) is 0 Å². The van der Waals surface area contributed by atoms with Crippen LogP contribution in [0.3, 0.4) is 0 Å². The van der Waals surface area contributed by atoms with Crippen LogP contribution >= 0.6 is 0 Å². The standard InChI is InChI=1S/C17H26N2/c1-4-14-7-5-6-8-15(14)19-13-17(9-10-17)12-18-11-16(19,2)3/h5-8,18H,4,9-13H2,1-3H3. The number of rotatable bonds is 2. The summed E-state index contributed by atoms with van der Waals surface area (Å²) in [6.45, 7) is 10.5. The first-order chi connectivity index (χ1) is 9.06. The highest BCUT2D eigenvalue weighted by atomic mass is 15.2. The van der Waals surface area contributed by atoms with E-state index in [2.05, 4.69) is 55.3 Å². The minimum Gasteiger partial charge on any atom is -0.364 e. The van der Waals surface area contributed by atoms with Gasteiger partial charge in [0.1, 0.15) is 0 Å². The van der Waals surface area contributed by atoms with Gasteiger partial charge in [-0.3, -0.25) is 0 Å². The van der Waals surface area contributed by atoms with Gasteiger partial charge >= 0.3 is 0 Å². The summed E-state index contributed by atoms with van der Waals surface area (Å²) in [5, 5.41) is 3.69. The molecule has 1 N–H and O–H groups in total. The van der Waals surface area contributed by atoms with Crippen molar-refractivity contribution in [1.82, 2.24) is 5.32 Å². The van der Waals surface area contributed by atoms with Crippen LogP contribution in [0, 0.1) is 5.41 Å². The monoisotopic (exact) mass is 258 g/mol. The molecule has 104 valence electrons. The summed E-state index contributed by atoms with van der Waals surface area (Å²) in [5.74, 6) is 0. The van der Waals surface area contributed by atoms with E-state index in [1.165, 1.54) is 37.2 Å². The van der Waals surface area contributed by atoms with Gasteiger partial charge in [0, 0.05) is 36.3 Å². The Bertz CT molecular complexity index is 460. The molecule has 1 aliphatic carbocycles. The largest absolute Gasteiger partial charge is 0.364 e. The van der Waals surface area contributed by atoms with Crippen molar-refractivity contribution in [3.05, 3.63) is 29.8 Å². The third kappa shape index (κ3) is 2.38. The summed E-state index contributed by atoms with van der Waals surface area (Å²) in [7, 11) is 0. The molecular formula is C17H26N2. The molecule has 1 heterocycles. The average Bonchev–Trinajstić information content (AvgIpc) is 3.17. The molecule has 1 spiro atoms. The molecule has 0 atom stereocenters. The van der Waals surface area contributed by atoms with Gasteiger partial charge in [-0.1, -0.05) is 25.1 Å². The van der Waals surface area contributed by atoms with Gasteiger partial charge in [-0.2, -0.15) is 0 Å². The van der Waals surface area contributed by atoms with Gasteiger partial charge in [-0.15, -0.1) is 0 Å². The van der Waals surface area contributed by atoms with Crippen LogP contribution in [-0.4, -0.2) is 25.2 Å². The molecule has 2 nitrogen and oxygen atoms in total. The fraction of sp³-hybridized carbons (Fsp3) is 0.647. The number of aryl methyl sites for hydroxylation is 1. The second-order valence-electron chi connectivity index (χ2n) is 6.98. The quantitative estimate of drug-likeness (QED) is 0.876. The Hall–Kier alpha value is -1.02. The first-order valence-corrected chi connectivity index (χ1v) is 7.63. The van der Waals surface area contributed by atoms with Crippen molar-refractivity contribution in [2.24, 2.45) is 5.41 Å². The fourth-order valence-electron chi connectivity index (χ4n) is 3.33. The van der Waals surface area contributed by atoms with Gasteiger partial charge in [0.2, 0.25) is 0 Å². The summed E-state index contributed by atoms with van der Waals surface area (Å²) in [6.07, 6.45) is 3.89. The molecule has 1 saturated heterocycles. The molecule has 1 aromatic carbocycles. The zero-order valence-electron chi connectivity index (χ0n) is 12.5. The maximum absolute atomic E-state index is 3.69. The zero-order valence-corrected chi connectivity index (χ0v) is 12.5. The highest BCUT2D eigenvalue weighted by molar-refractivity contribution is 5.56. The Morgan fingerprint density at radius 2 is 1.89 bits per heavy atom. The number of anilines is 1. The number of nitrogens with zero attached hydrogens (tertiary/aromatic N) is 1. The van der Waals surface area contributed by atoms with E-state index in [4.69, 9.17) is 0 Å². The van der Waals surface area contributed by atoms with Crippen molar-refractivity contribution in [1.29, 1.82) is 0 Å². The van der Waals surface area contributed by atoms with Crippen LogP contribution in [0.15, 0.2) is 24.3 Å². The summed E-state index contributed by atoms with van der Waals surface area (Å²) >= 11 is 0. The Morgan fingerprint density at radius 3 is 2.58 bits per heavy atom. The summed E-state index contributed by atoms with van der Waals surface area (Å²) in [5.41, 5.74) is 3.67. The molecule has 2 aliphatic rings. The van der Waals surface area contributed by atoms with E-state index in [-0.39, 0.29) is 5.54 Å². The van der Waals surface area contributed by atoms with Gasteiger partial charge < -0.3 is 10.2 Å². The minimum atomic E-state index is 0.192. The molecule has 3 rings (SSSR count). The van der Waals surface area contributed by atoms with Crippen LogP contribution in [0.5, 0.6) is 0 Å². The molecule has 2 fully saturated rings. The minimum absolute atomic E-state index is 0.192. The molecule has 0 radical (unpaired) electrons. The van der Waals surface area contributed by atoms with E-state index in [1.807, 2.05) is 0 Å². The van der Waals surface area contributed by atoms with E-state index in [0.717, 1.165) is 13.0 Å². The zero-order chi connectivity index (χ0) is 13.5. The lowest BCUT2D eigenvalue weighted by Gasteiger charge is -2.41. The van der Waals surface area contributed by atoms with Crippen molar-refractivity contribution in [3.63, 3.8) is 0 Å². The Morgan fingerprint density at radius 1 is 1.16 bits per heavy atom. The Kier molecular flexibility index (Phi) is 3.09. The SMILES string of the molecule is CCc1ccccc1N1CC2(CC2)CNCC1(C)C. The van der Waals surface area contributed by atoms with Crippen LogP contribution in [0.2, 0.25) is 0 Å². The number of hydrogen-bond acceptors (Lipinski definition) is 2. The molecule has 19 heavy (non-hydrogen) atoms. The molecule has 1 saturated carbocycles. The third-order valence-corrected chi connectivity index (χ3v) is 4.90. The highest BCUT2D eigenvalue weighted by Gasteiger charge is 2.48. The average molecular weight is 258 g/mol. The number of nitrogens with one attached hydrogen (secondary N) is 1. The van der Waals surface area contributed by atoms with Crippen LogP contribution in [0.4, 0.5) is 5.69 Å². The Balaban J connectivity index is 1.98. The molecule has 0 bridgehead atoms. The van der Waals surface area contributed by atoms with E-state index in [0.29, 0.717) is 5.41 Å². The van der Waals surface area contributed by atoms with Crippen molar-refractivity contribution in [2.45, 2.75) is 45.6 Å². The molecule has 0 unspecified atom stereocenters. The van der Waals surface area contributed by atoms with Crippen LogP contribution < -0.4 is 10.2 Å². The molecule has 1 aliphatic heterocycles. The molecule has 0 amide bonds. The second kappa shape index (κ2) is 4.52. The lowest BCUT2D eigenvalue weighted by atomic mass is 9.97. The van der Waals surface area contributed by atoms with Gasteiger partial charge in [0.15, 0.2) is 0 Å². The summed E-state index contributed by atoms with van der Waals surface area (Å²) < 4.78 is 0. The smallest absolute Gasteiger partial charge is 0.0470 e. The molecular weight excluding hydrogens is 232 g/mol. The van der Waals surface area contributed by atoms with Crippen molar-refractivity contribution in [2.75, 3.05) is 24.5 Å². The molecule has 1 aromatic rings. The van der Waals surface area contributed by atoms with Crippen LogP contribution in [0.1, 0.15) is 39.2 Å². The number of para-hydroxylation sites is 1. The molecule has 2 heteroatoms. The topological polar surface area (TPSA) is 15.3 Å². The van der Waals surface area contributed by atoms with E-state index in [9.17, 15) is 0 Å². The highest BCUT2D eigenvalue weighted by Crippen LogP contribution is 2.48. The second-order valence-corrected chi connectivity index (χ2v) is 6.98. The first kappa shape index (κ1) is 13.0. The maximum Gasteiger partial charge on any atom is 0.0470 e. The van der Waals surface area contributed by atoms with Crippen molar-refractivity contribution in [3.8, 4) is 0 Å². The number of hydrogen-bond donors (Lipinski definition) is 1. The van der Waals surface area contributed by atoms with Crippen LogP contribution in [-0.2, 0) is 6.42 Å². The van der Waals surface area contributed by atoms with E-state index in [1.54, 1.807) is 0 Å². The van der Waals surface area contributed by atoms with E-state index >= 15 is 0 Å². The Labute approximate surface area is 117 Å². The first-order valence-electron chi connectivity index (χ1n) is 7.63.